The molecule has 0 heterocycles. The molecule has 1 aromatic carbocycles. The first-order valence-electron chi connectivity index (χ1n) is 6.94. The van der Waals surface area contributed by atoms with E-state index >= 15 is 0 Å². The molecule has 4 nitrogen and oxygen atoms in total. The maximum Gasteiger partial charge on any atom is 0.416 e. The summed E-state index contributed by atoms with van der Waals surface area (Å²) >= 11 is 6.02. The van der Waals surface area contributed by atoms with Crippen molar-refractivity contribution >= 4 is 23.5 Å². The lowest BCUT2D eigenvalue weighted by atomic mass is 9.93. The zero-order valence-electron chi connectivity index (χ0n) is 12.2. The second-order valence-corrected chi connectivity index (χ2v) is 6.16. The molecule has 0 aromatic heterocycles. The fraction of sp³-hybridized carbons (Fsp3) is 0.467. The maximum atomic E-state index is 12.8. The van der Waals surface area contributed by atoms with Crippen LogP contribution in [0.4, 0.5) is 13.2 Å². The number of carbonyl (C=O) groups excluding carboxylic acids is 1. The molecule has 1 aromatic rings. The fourth-order valence-corrected chi connectivity index (χ4v) is 2.64. The molecule has 8 heteroatoms. The van der Waals surface area contributed by atoms with Crippen LogP contribution in [0.15, 0.2) is 18.2 Å². The Labute approximate surface area is 135 Å². The van der Waals surface area contributed by atoms with E-state index in [1.165, 1.54) is 13.0 Å². The van der Waals surface area contributed by atoms with E-state index < -0.39 is 34.9 Å². The molecule has 2 rings (SSSR count). The molecule has 1 atom stereocenters. The lowest BCUT2D eigenvalue weighted by Crippen LogP contribution is -2.38. The number of carbonyl (C=O) groups is 2. The summed E-state index contributed by atoms with van der Waals surface area (Å²) in [4.78, 5) is 22.4. The summed E-state index contributed by atoms with van der Waals surface area (Å²) in [6.45, 7) is 1.30. The predicted molar refractivity (Wildman–Crippen MR) is 77.2 cm³/mol. The van der Waals surface area contributed by atoms with E-state index in [1.54, 1.807) is 0 Å². The molecule has 1 saturated carbocycles. The minimum absolute atomic E-state index is 0.0600. The molecule has 0 radical (unpaired) electrons. The Morgan fingerprint density at radius 3 is 2.48 bits per heavy atom. The maximum absolute atomic E-state index is 12.8. The van der Waals surface area contributed by atoms with E-state index in [0.717, 1.165) is 12.1 Å². The molecule has 0 aliphatic heterocycles. The second-order valence-electron chi connectivity index (χ2n) is 5.75. The van der Waals surface area contributed by atoms with Crippen LogP contribution in [-0.2, 0) is 21.2 Å². The van der Waals surface area contributed by atoms with E-state index in [-0.39, 0.29) is 11.6 Å². The average molecular weight is 350 g/mol. The van der Waals surface area contributed by atoms with E-state index in [0.29, 0.717) is 18.4 Å². The number of amides is 1. The molecule has 0 saturated heterocycles. The van der Waals surface area contributed by atoms with Crippen LogP contribution >= 0.6 is 11.6 Å². The number of nitrogens with one attached hydrogen (secondary N) is 1. The van der Waals surface area contributed by atoms with Crippen LogP contribution in [0, 0.1) is 5.92 Å². The summed E-state index contributed by atoms with van der Waals surface area (Å²) in [5, 5.41) is 11.5. The van der Waals surface area contributed by atoms with Crippen molar-refractivity contribution in [2.45, 2.75) is 31.4 Å². The predicted octanol–water partition coefficient (Wildman–Crippen LogP) is 3.23. The van der Waals surface area contributed by atoms with Crippen LogP contribution in [0.25, 0.3) is 0 Å². The minimum atomic E-state index is -4.48. The average Bonchev–Trinajstić information content (AvgIpc) is 3.24. The molecule has 23 heavy (non-hydrogen) atoms. The number of aliphatic carboxylic acids is 1. The summed E-state index contributed by atoms with van der Waals surface area (Å²) in [6, 6.07) is 3.11. The first kappa shape index (κ1) is 17.6. The monoisotopic (exact) mass is 349 g/mol. The van der Waals surface area contributed by atoms with Crippen molar-refractivity contribution in [1.29, 1.82) is 0 Å². The van der Waals surface area contributed by atoms with Gasteiger partial charge in [-0.25, -0.2) is 0 Å². The zero-order valence-corrected chi connectivity index (χ0v) is 13.0. The summed E-state index contributed by atoms with van der Waals surface area (Å²) in [7, 11) is 0. The van der Waals surface area contributed by atoms with Crippen molar-refractivity contribution in [3.05, 3.63) is 34.3 Å². The Hall–Kier alpha value is -1.76. The van der Waals surface area contributed by atoms with Gasteiger partial charge in [0, 0.05) is 17.0 Å². The fourth-order valence-electron chi connectivity index (χ4n) is 2.32. The smallest absolute Gasteiger partial charge is 0.416 e. The van der Waals surface area contributed by atoms with Gasteiger partial charge in [-0.05, 0) is 43.5 Å². The van der Waals surface area contributed by atoms with Gasteiger partial charge in [-0.3, -0.25) is 9.59 Å². The van der Waals surface area contributed by atoms with E-state index in [2.05, 4.69) is 5.32 Å². The molecule has 1 amide bonds. The number of rotatable bonds is 5. The highest BCUT2D eigenvalue weighted by Gasteiger charge is 2.47. The van der Waals surface area contributed by atoms with E-state index in [4.69, 9.17) is 16.7 Å². The number of alkyl halides is 3. The number of carboxylic acids is 1. The number of hydrogen-bond acceptors (Lipinski definition) is 2. The van der Waals surface area contributed by atoms with Crippen molar-refractivity contribution < 1.29 is 27.9 Å². The van der Waals surface area contributed by atoms with Crippen LogP contribution in [-0.4, -0.2) is 23.5 Å². The highest BCUT2D eigenvalue weighted by atomic mass is 35.5. The van der Waals surface area contributed by atoms with Gasteiger partial charge in [0.1, 0.15) is 5.92 Å². The Morgan fingerprint density at radius 1 is 1.39 bits per heavy atom. The summed E-state index contributed by atoms with van der Waals surface area (Å²) < 4.78 is 38.5. The van der Waals surface area contributed by atoms with Gasteiger partial charge in [-0.1, -0.05) is 11.6 Å². The van der Waals surface area contributed by atoms with Gasteiger partial charge in [0.05, 0.1) is 5.56 Å². The zero-order chi connectivity index (χ0) is 17.4. The van der Waals surface area contributed by atoms with Gasteiger partial charge in [0.25, 0.3) is 0 Å². The van der Waals surface area contributed by atoms with Crippen molar-refractivity contribution in [2.75, 3.05) is 6.54 Å². The molecular weight excluding hydrogens is 335 g/mol. The number of carboxylic acid groups (broad SMARTS) is 1. The number of hydrogen-bond donors (Lipinski definition) is 2. The molecule has 1 aliphatic rings. The first-order chi connectivity index (χ1) is 10.6. The molecular formula is C15H15ClF3NO3. The van der Waals surface area contributed by atoms with Crippen LogP contribution in [0.3, 0.4) is 0 Å². The third-order valence-corrected chi connectivity index (χ3v) is 4.41. The Balaban J connectivity index is 2.18. The van der Waals surface area contributed by atoms with Crippen molar-refractivity contribution in [1.82, 2.24) is 5.32 Å². The van der Waals surface area contributed by atoms with Gasteiger partial charge in [0.15, 0.2) is 0 Å². The highest BCUT2D eigenvalue weighted by Crippen LogP contribution is 2.51. The molecule has 126 valence electrons. The van der Waals surface area contributed by atoms with Crippen molar-refractivity contribution in [3.8, 4) is 0 Å². The van der Waals surface area contributed by atoms with Crippen LogP contribution < -0.4 is 5.32 Å². The van der Waals surface area contributed by atoms with Gasteiger partial charge in [-0.15, -0.1) is 0 Å². The molecule has 1 unspecified atom stereocenters. The Kier molecular flexibility index (Phi) is 4.61. The van der Waals surface area contributed by atoms with Crippen LogP contribution in [0.2, 0.25) is 5.02 Å². The van der Waals surface area contributed by atoms with Gasteiger partial charge >= 0.3 is 12.1 Å². The lowest BCUT2D eigenvalue weighted by molar-refractivity contribution is -0.146. The normalized spacial score (nSPS) is 17.4. The number of halogens is 4. The van der Waals surface area contributed by atoms with Crippen molar-refractivity contribution in [3.63, 3.8) is 0 Å². The second kappa shape index (κ2) is 6.03. The third-order valence-electron chi connectivity index (χ3n) is 4.08. The summed E-state index contributed by atoms with van der Waals surface area (Å²) in [5.74, 6) is -3.15. The lowest BCUT2D eigenvalue weighted by Gasteiger charge is -2.20. The molecule has 1 fully saturated rings. The summed E-state index contributed by atoms with van der Waals surface area (Å²) in [6.07, 6.45) is -3.32. The third kappa shape index (κ3) is 3.77. The topological polar surface area (TPSA) is 66.4 Å². The molecule has 2 N–H and O–H groups in total. The van der Waals surface area contributed by atoms with Crippen LogP contribution in [0.5, 0.6) is 0 Å². The van der Waals surface area contributed by atoms with E-state index in [9.17, 15) is 22.8 Å². The Morgan fingerprint density at radius 2 is 2.00 bits per heavy atom. The van der Waals surface area contributed by atoms with Gasteiger partial charge in [0.2, 0.25) is 5.91 Å². The first-order valence-corrected chi connectivity index (χ1v) is 7.32. The SMILES string of the molecule is CC(C(=O)O)C(=O)NCC1(c2cc(C(F)(F)F)ccc2Cl)CC1. The Bertz CT molecular complexity index is 641. The molecule has 0 spiro atoms. The highest BCUT2D eigenvalue weighted by molar-refractivity contribution is 6.31. The minimum Gasteiger partial charge on any atom is -0.481 e. The molecule has 0 bridgehead atoms. The molecule has 1 aliphatic carbocycles. The van der Waals surface area contributed by atoms with E-state index in [1.807, 2.05) is 0 Å². The van der Waals surface area contributed by atoms with Gasteiger partial charge in [-0.2, -0.15) is 13.2 Å². The quantitative estimate of drug-likeness (QED) is 0.802. The van der Waals surface area contributed by atoms with Crippen LogP contribution in [0.1, 0.15) is 30.9 Å². The standard InChI is InChI=1S/C15H15ClF3NO3/c1-8(13(22)23)12(21)20-7-14(4-5-14)10-6-9(15(17,18)19)2-3-11(10)16/h2-3,6,8H,4-5,7H2,1H3,(H,20,21)(H,22,23). The number of benzene rings is 1. The van der Waals surface area contributed by atoms with Gasteiger partial charge < -0.3 is 10.4 Å². The van der Waals surface area contributed by atoms with Crippen molar-refractivity contribution in [2.24, 2.45) is 5.92 Å². The summed E-state index contributed by atoms with van der Waals surface area (Å²) in [5.41, 5.74) is -1.13. The largest absolute Gasteiger partial charge is 0.481 e.